The Balaban J connectivity index is 2.81. The van der Waals surface area contributed by atoms with Crippen molar-refractivity contribution in [2.75, 3.05) is 7.11 Å². The topological polar surface area (TPSA) is 40.2 Å². The Morgan fingerprint density at radius 1 is 1.47 bits per heavy atom. The van der Waals surface area contributed by atoms with Crippen molar-refractivity contribution in [1.82, 2.24) is 4.57 Å². The summed E-state index contributed by atoms with van der Waals surface area (Å²) in [6, 6.07) is 3.77. The minimum absolute atomic E-state index is 0.501. The zero-order valence-corrected chi connectivity index (χ0v) is 9.51. The Kier molecular flexibility index (Phi) is 2.59. The quantitative estimate of drug-likeness (QED) is 0.851. The van der Waals surface area contributed by atoms with Gasteiger partial charge in [0.1, 0.15) is 5.75 Å². The monoisotopic (exact) mass is 224 g/mol. The molecule has 1 heterocycles. The van der Waals surface area contributed by atoms with Gasteiger partial charge in [0.25, 0.3) is 0 Å². The Labute approximate surface area is 93.4 Å². The number of nitrogens with zero attached hydrogens (tertiary/aromatic N) is 1. The lowest BCUT2D eigenvalue weighted by molar-refractivity contribution is 0.415. The molecule has 15 heavy (non-hydrogen) atoms. The number of benzene rings is 1. The minimum atomic E-state index is 0.501. The normalized spacial score (nSPS) is 10.9. The zero-order chi connectivity index (χ0) is 11.0. The average molecular weight is 225 g/mol. The molecule has 0 atom stereocenters. The molecule has 1 aromatic heterocycles. The van der Waals surface area contributed by atoms with Crippen LogP contribution in [-0.4, -0.2) is 11.7 Å². The smallest absolute Gasteiger partial charge is 0.121 e. The van der Waals surface area contributed by atoms with Crippen LogP contribution in [0.2, 0.25) is 5.02 Å². The average Bonchev–Trinajstić information content (AvgIpc) is 2.55. The highest BCUT2D eigenvalue weighted by atomic mass is 35.5. The van der Waals surface area contributed by atoms with Crippen molar-refractivity contribution in [3.05, 3.63) is 28.9 Å². The number of aryl methyl sites for hydroxylation is 1. The molecule has 0 bridgehead atoms. The van der Waals surface area contributed by atoms with Crippen molar-refractivity contribution in [1.29, 1.82) is 0 Å². The highest BCUT2D eigenvalue weighted by Gasteiger charge is 2.10. The van der Waals surface area contributed by atoms with E-state index < -0.39 is 0 Å². The van der Waals surface area contributed by atoms with Crippen molar-refractivity contribution >= 4 is 22.5 Å². The SMILES string of the molecule is COc1cc(Cl)c2c(c1)c(CN)cn2C. The molecule has 0 unspecified atom stereocenters. The molecule has 80 valence electrons. The third-order valence-corrected chi connectivity index (χ3v) is 2.83. The number of aromatic nitrogens is 1. The Morgan fingerprint density at radius 2 is 2.20 bits per heavy atom. The number of nitrogens with two attached hydrogens (primary N) is 1. The summed E-state index contributed by atoms with van der Waals surface area (Å²) in [5.74, 6) is 0.758. The van der Waals surface area contributed by atoms with Gasteiger partial charge in [-0.2, -0.15) is 0 Å². The van der Waals surface area contributed by atoms with Crippen molar-refractivity contribution in [2.45, 2.75) is 6.54 Å². The molecule has 0 aliphatic carbocycles. The molecular formula is C11H13ClN2O. The van der Waals surface area contributed by atoms with Crippen LogP contribution in [0.1, 0.15) is 5.56 Å². The minimum Gasteiger partial charge on any atom is -0.497 e. The van der Waals surface area contributed by atoms with Crippen LogP contribution in [0.5, 0.6) is 5.75 Å². The summed E-state index contributed by atoms with van der Waals surface area (Å²) in [7, 11) is 3.59. The molecule has 2 aromatic rings. The van der Waals surface area contributed by atoms with E-state index in [9.17, 15) is 0 Å². The van der Waals surface area contributed by atoms with Gasteiger partial charge >= 0.3 is 0 Å². The Morgan fingerprint density at radius 3 is 2.80 bits per heavy atom. The Bertz CT molecular complexity index is 505. The summed E-state index contributed by atoms with van der Waals surface area (Å²) in [5, 5.41) is 1.75. The summed E-state index contributed by atoms with van der Waals surface area (Å²) in [6.07, 6.45) is 2.00. The van der Waals surface area contributed by atoms with E-state index in [1.165, 1.54) is 0 Å². The molecule has 0 radical (unpaired) electrons. The van der Waals surface area contributed by atoms with E-state index in [2.05, 4.69) is 0 Å². The predicted molar refractivity (Wildman–Crippen MR) is 62.4 cm³/mol. The van der Waals surface area contributed by atoms with Crippen molar-refractivity contribution in [3.8, 4) is 5.75 Å². The molecule has 0 amide bonds. The van der Waals surface area contributed by atoms with Gasteiger partial charge in [-0.15, -0.1) is 0 Å². The maximum Gasteiger partial charge on any atom is 0.121 e. The first kappa shape index (κ1) is 10.3. The Hall–Kier alpha value is -1.19. The fourth-order valence-electron chi connectivity index (χ4n) is 1.83. The largest absolute Gasteiger partial charge is 0.497 e. The van der Waals surface area contributed by atoms with Crippen molar-refractivity contribution in [2.24, 2.45) is 12.8 Å². The van der Waals surface area contributed by atoms with Crippen LogP contribution >= 0.6 is 11.6 Å². The van der Waals surface area contributed by atoms with Crippen molar-refractivity contribution < 1.29 is 4.74 Å². The third kappa shape index (κ3) is 1.58. The number of rotatable bonds is 2. The number of hydrogen-bond acceptors (Lipinski definition) is 2. The highest BCUT2D eigenvalue weighted by Crippen LogP contribution is 2.31. The number of halogens is 1. The first-order valence-corrected chi connectivity index (χ1v) is 5.06. The molecule has 0 spiro atoms. The molecule has 2 rings (SSSR count). The first-order chi connectivity index (χ1) is 7.17. The molecule has 3 nitrogen and oxygen atoms in total. The second kappa shape index (κ2) is 3.76. The zero-order valence-electron chi connectivity index (χ0n) is 8.75. The van der Waals surface area contributed by atoms with Crippen LogP contribution < -0.4 is 10.5 Å². The van der Waals surface area contributed by atoms with Gasteiger partial charge in [0.2, 0.25) is 0 Å². The van der Waals surface area contributed by atoms with Crippen LogP contribution in [0.4, 0.5) is 0 Å². The lowest BCUT2D eigenvalue weighted by Gasteiger charge is -2.04. The number of methoxy groups -OCH3 is 1. The molecular weight excluding hydrogens is 212 g/mol. The highest BCUT2D eigenvalue weighted by molar-refractivity contribution is 6.35. The van der Waals surface area contributed by atoms with Crippen LogP contribution in [0.3, 0.4) is 0 Å². The third-order valence-electron chi connectivity index (χ3n) is 2.54. The van der Waals surface area contributed by atoms with Gasteiger partial charge in [-0.1, -0.05) is 11.6 Å². The van der Waals surface area contributed by atoms with E-state index in [4.69, 9.17) is 22.1 Å². The second-order valence-electron chi connectivity index (χ2n) is 3.47. The van der Waals surface area contributed by atoms with Gasteiger partial charge in [0, 0.05) is 31.2 Å². The standard InChI is InChI=1S/C11H13ClN2O/c1-14-6-7(5-13)9-3-8(15-2)4-10(12)11(9)14/h3-4,6H,5,13H2,1-2H3. The van der Waals surface area contributed by atoms with Gasteiger partial charge in [0.15, 0.2) is 0 Å². The summed E-state index contributed by atoms with van der Waals surface area (Å²) in [4.78, 5) is 0. The summed E-state index contributed by atoms with van der Waals surface area (Å²) < 4.78 is 7.16. The van der Waals surface area contributed by atoms with Crippen LogP contribution in [0.25, 0.3) is 10.9 Å². The summed E-state index contributed by atoms with van der Waals surface area (Å²) in [6.45, 7) is 0.501. The van der Waals surface area contributed by atoms with E-state index in [1.807, 2.05) is 29.9 Å². The first-order valence-electron chi connectivity index (χ1n) is 4.69. The van der Waals surface area contributed by atoms with Gasteiger partial charge in [-0.25, -0.2) is 0 Å². The summed E-state index contributed by atoms with van der Waals surface area (Å²) >= 11 is 6.17. The predicted octanol–water partition coefficient (Wildman–Crippen LogP) is 2.30. The van der Waals surface area contributed by atoms with Gasteiger partial charge in [-0.05, 0) is 11.6 Å². The molecule has 4 heteroatoms. The maximum absolute atomic E-state index is 6.17. The lowest BCUT2D eigenvalue weighted by Crippen LogP contribution is -1.94. The number of ether oxygens (including phenoxy) is 1. The lowest BCUT2D eigenvalue weighted by atomic mass is 10.1. The van der Waals surface area contributed by atoms with Crippen LogP contribution in [0, 0.1) is 0 Å². The molecule has 0 aliphatic rings. The fourth-order valence-corrected chi connectivity index (χ4v) is 2.17. The van der Waals surface area contributed by atoms with Crippen LogP contribution in [0.15, 0.2) is 18.3 Å². The van der Waals surface area contributed by atoms with E-state index >= 15 is 0 Å². The molecule has 0 saturated carbocycles. The van der Waals surface area contributed by atoms with E-state index in [-0.39, 0.29) is 0 Å². The number of hydrogen-bond donors (Lipinski definition) is 1. The molecule has 1 aromatic carbocycles. The summed E-state index contributed by atoms with van der Waals surface area (Å²) in [5.41, 5.74) is 7.75. The van der Waals surface area contributed by atoms with Gasteiger partial charge < -0.3 is 15.0 Å². The molecule has 0 aliphatic heterocycles. The molecule has 0 fully saturated rings. The van der Waals surface area contributed by atoms with Crippen LogP contribution in [-0.2, 0) is 13.6 Å². The molecule has 2 N–H and O–H groups in total. The second-order valence-corrected chi connectivity index (χ2v) is 3.88. The van der Waals surface area contributed by atoms with Crippen molar-refractivity contribution in [3.63, 3.8) is 0 Å². The van der Waals surface area contributed by atoms with Gasteiger partial charge in [0.05, 0.1) is 17.6 Å². The van der Waals surface area contributed by atoms with Gasteiger partial charge in [-0.3, -0.25) is 0 Å². The number of fused-ring (bicyclic) bond motifs is 1. The van der Waals surface area contributed by atoms with E-state index in [0.717, 1.165) is 22.2 Å². The van der Waals surface area contributed by atoms with E-state index in [1.54, 1.807) is 7.11 Å². The fraction of sp³-hybridized carbons (Fsp3) is 0.273. The maximum atomic E-state index is 6.17. The van der Waals surface area contributed by atoms with E-state index in [0.29, 0.717) is 11.6 Å². The molecule has 0 saturated heterocycles.